The Morgan fingerprint density at radius 3 is 2.75 bits per heavy atom. The Hall–Kier alpha value is -1.10. The van der Waals surface area contributed by atoms with E-state index >= 15 is 0 Å². The maximum atomic E-state index is 12.1. The first-order valence-electron chi connectivity index (χ1n) is 7.20. The van der Waals surface area contributed by atoms with Gasteiger partial charge >= 0.3 is 6.09 Å². The van der Waals surface area contributed by atoms with Gasteiger partial charge in [-0.05, 0) is 26.7 Å². The first kappa shape index (κ1) is 15.3. The molecule has 1 aromatic heterocycles. The molecule has 0 saturated heterocycles. The number of ether oxygens (including phenoxy) is 1. The van der Waals surface area contributed by atoms with Crippen molar-refractivity contribution in [3.05, 3.63) is 15.6 Å². The second kappa shape index (κ2) is 5.72. The van der Waals surface area contributed by atoms with Crippen molar-refractivity contribution in [1.82, 2.24) is 9.88 Å². The molecule has 1 aromatic rings. The lowest BCUT2D eigenvalue weighted by atomic mass is 10.1. The highest BCUT2D eigenvalue weighted by Gasteiger charge is 2.27. The maximum absolute atomic E-state index is 12.1. The van der Waals surface area contributed by atoms with Crippen molar-refractivity contribution >= 4 is 17.4 Å². The minimum Gasteiger partial charge on any atom is -0.444 e. The zero-order chi connectivity index (χ0) is 14.9. The molecule has 1 aliphatic heterocycles. The highest BCUT2D eigenvalue weighted by Crippen LogP contribution is 2.27. The fraction of sp³-hybridized carbons (Fsp3) is 0.733. The van der Waals surface area contributed by atoms with Crippen LogP contribution in [0.3, 0.4) is 0 Å². The van der Waals surface area contributed by atoms with Crippen LogP contribution in [0.4, 0.5) is 4.79 Å². The summed E-state index contributed by atoms with van der Waals surface area (Å²) in [6.07, 6.45) is 1.68. The molecule has 0 N–H and O–H groups in total. The lowest BCUT2D eigenvalue weighted by Crippen LogP contribution is -2.39. The number of hydrogen-bond donors (Lipinski definition) is 0. The molecule has 0 aromatic carbocycles. The van der Waals surface area contributed by atoms with Crippen molar-refractivity contribution in [1.29, 1.82) is 0 Å². The van der Waals surface area contributed by atoms with Gasteiger partial charge in [-0.15, -0.1) is 11.3 Å². The summed E-state index contributed by atoms with van der Waals surface area (Å²) < 4.78 is 5.43. The Balaban J connectivity index is 2.03. The Kier molecular flexibility index (Phi) is 4.37. The van der Waals surface area contributed by atoms with Crippen LogP contribution in [0.25, 0.3) is 0 Å². The van der Waals surface area contributed by atoms with Crippen LogP contribution < -0.4 is 0 Å². The second-order valence-corrected chi connectivity index (χ2v) is 7.90. The van der Waals surface area contributed by atoms with E-state index in [2.05, 4.69) is 18.8 Å². The predicted octanol–water partition coefficient (Wildman–Crippen LogP) is 3.63. The zero-order valence-electron chi connectivity index (χ0n) is 13.0. The molecule has 0 bridgehead atoms. The molecule has 0 aliphatic carbocycles. The molecule has 0 saturated carbocycles. The van der Waals surface area contributed by atoms with Gasteiger partial charge in [0.1, 0.15) is 5.60 Å². The van der Waals surface area contributed by atoms with E-state index in [-0.39, 0.29) is 6.09 Å². The molecule has 0 unspecified atom stereocenters. The van der Waals surface area contributed by atoms with Gasteiger partial charge in [0.05, 0.1) is 17.2 Å². The predicted molar refractivity (Wildman–Crippen MR) is 81.0 cm³/mol. The van der Waals surface area contributed by atoms with Crippen LogP contribution in [-0.2, 0) is 24.1 Å². The Morgan fingerprint density at radius 2 is 2.15 bits per heavy atom. The molecule has 4 nitrogen and oxygen atoms in total. The van der Waals surface area contributed by atoms with E-state index in [1.807, 2.05) is 20.8 Å². The first-order valence-corrected chi connectivity index (χ1v) is 8.01. The molecular formula is C15H24N2O2S. The lowest BCUT2D eigenvalue weighted by molar-refractivity contribution is 0.0222. The summed E-state index contributed by atoms with van der Waals surface area (Å²) in [6.45, 7) is 11.4. The third-order valence-electron chi connectivity index (χ3n) is 3.01. The summed E-state index contributed by atoms with van der Waals surface area (Å²) in [6, 6.07) is 0. The van der Waals surface area contributed by atoms with Gasteiger partial charge in [-0.25, -0.2) is 9.78 Å². The third kappa shape index (κ3) is 3.95. The summed E-state index contributed by atoms with van der Waals surface area (Å²) in [5.41, 5.74) is 0.616. The van der Waals surface area contributed by atoms with E-state index in [0.717, 1.165) is 25.1 Å². The molecule has 2 heterocycles. The van der Waals surface area contributed by atoms with Crippen LogP contribution >= 0.6 is 11.3 Å². The van der Waals surface area contributed by atoms with Gasteiger partial charge in [-0.2, -0.15) is 0 Å². The smallest absolute Gasteiger partial charge is 0.410 e. The van der Waals surface area contributed by atoms with Crippen LogP contribution in [0.1, 0.15) is 50.2 Å². The summed E-state index contributed by atoms with van der Waals surface area (Å²) in [4.78, 5) is 19.9. The van der Waals surface area contributed by atoms with Gasteiger partial charge < -0.3 is 9.64 Å². The highest BCUT2D eigenvalue weighted by molar-refractivity contribution is 7.11. The molecule has 0 fully saturated rings. The molecular weight excluding hydrogens is 272 g/mol. The third-order valence-corrected chi connectivity index (χ3v) is 4.19. The van der Waals surface area contributed by atoms with E-state index < -0.39 is 5.60 Å². The molecule has 0 radical (unpaired) electrons. The van der Waals surface area contributed by atoms with Crippen molar-refractivity contribution in [2.75, 3.05) is 6.54 Å². The number of rotatable bonds is 2. The number of hydrogen-bond acceptors (Lipinski definition) is 4. The van der Waals surface area contributed by atoms with Gasteiger partial charge in [-0.1, -0.05) is 13.8 Å². The topological polar surface area (TPSA) is 42.4 Å². The number of aromatic nitrogens is 1. The van der Waals surface area contributed by atoms with Gasteiger partial charge in [-0.3, -0.25) is 0 Å². The summed E-state index contributed by atoms with van der Waals surface area (Å²) in [5.74, 6) is 0.615. The molecule has 112 valence electrons. The number of fused-ring (bicyclic) bond motifs is 1. The minimum absolute atomic E-state index is 0.235. The molecule has 20 heavy (non-hydrogen) atoms. The minimum atomic E-state index is -0.442. The maximum Gasteiger partial charge on any atom is 0.410 e. The van der Waals surface area contributed by atoms with E-state index in [4.69, 9.17) is 4.74 Å². The van der Waals surface area contributed by atoms with Gasteiger partial charge in [0.2, 0.25) is 0 Å². The fourth-order valence-electron chi connectivity index (χ4n) is 2.17. The van der Waals surface area contributed by atoms with Crippen LogP contribution in [0.15, 0.2) is 0 Å². The highest BCUT2D eigenvalue weighted by atomic mass is 32.1. The van der Waals surface area contributed by atoms with Crippen molar-refractivity contribution in [3.8, 4) is 0 Å². The van der Waals surface area contributed by atoms with Crippen LogP contribution in [0.5, 0.6) is 0 Å². The van der Waals surface area contributed by atoms with E-state index in [9.17, 15) is 4.79 Å². The fourth-order valence-corrected chi connectivity index (χ4v) is 3.45. The average molecular weight is 296 g/mol. The number of carbonyl (C=O) groups is 1. The molecule has 1 aliphatic rings. The Bertz CT molecular complexity index is 489. The van der Waals surface area contributed by atoms with Crippen LogP contribution in [0, 0.1) is 5.92 Å². The number of amides is 1. The number of carbonyl (C=O) groups excluding carboxylic acids is 1. The summed E-state index contributed by atoms with van der Waals surface area (Å²) in [7, 11) is 0. The van der Waals surface area contributed by atoms with Gasteiger partial charge in [0, 0.05) is 24.3 Å². The monoisotopic (exact) mass is 296 g/mol. The lowest BCUT2D eigenvalue weighted by Gasteiger charge is -2.29. The Morgan fingerprint density at radius 1 is 1.45 bits per heavy atom. The van der Waals surface area contributed by atoms with Crippen molar-refractivity contribution in [3.63, 3.8) is 0 Å². The SMILES string of the molecule is CC(C)Cc1nc2c(s1)CCN(C(=O)OC(C)(C)C)C2. The van der Waals surface area contributed by atoms with E-state index in [1.165, 1.54) is 9.88 Å². The molecule has 5 heteroatoms. The number of thiazole rings is 1. The second-order valence-electron chi connectivity index (χ2n) is 6.73. The van der Waals surface area contributed by atoms with E-state index in [1.54, 1.807) is 16.2 Å². The zero-order valence-corrected chi connectivity index (χ0v) is 13.8. The average Bonchev–Trinajstić information content (AvgIpc) is 2.66. The van der Waals surface area contributed by atoms with Crippen molar-refractivity contribution in [2.24, 2.45) is 5.92 Å². The van der Waals surface area contributed by atoms with Gasteiger partial charge in [0.15, 0.2) is 0 Å². The Labute approximate surface area is 125 Å². The normalized spacial score (nSPS) is 15.4. The van der Waals surface area contributed by atoms with Crippen molar-refractivity contribution in [2.45, 2.75) is 59.6 Å². The number of nitrogens with zero attached hydrogens (tertiary/aromatic N) is 2. The quantitative estimate of drug-likeness (QED) is 0.837. The molecule has 0 atom stereocenters. The van der Waals surface area contributed by atoms with Crippen molar-refractivity contribution < 1.29 is 9.53 Å². The first-order chi connectivity index (χ1) is 9.24. The van der Waals surface area contributed by atoms with Crippen LogP contribution in [0.2, 0.25) is 0 Å². The molecule has 2 rings (SSSR count). The standard InChI is InChI=1S/C15H24N2O2S/c1-10(2)8-13-16-11-9-17(7-6-12(11)20-13)14(18)19-15(3,4)5/h10H,6-9H2,1-5H3. The molecule has 0 spiro atoms. The molecule has 1 amide bonds. The van der Waals surface area contributed by atoms with Crippen LogP contribution in [-0.4, -0.2) is 28.1 Å². The largest absolute Gasteiger partial charge is 0.444 e. The summed E-state index contributed by atoms with van der Waals surface area (Å²) >= 11 is 1.80. The van der Waals surface area contributed by atoms with E-state index in [0.29, 0.717) is 12.5 Å². The van der Waals surface area contributed by atoms with Gasteiger partial charge in [0.25, 0.3) is 0 Å². The summed E-state index contributed by atoms with van der Waals surface area (Å²) in [5, 5.41) is 1.19.